The minimum absolute atomic E-state index is 0.0498. The van der Waals surface area contributed by atoms with Crippen LogP contribution in [-0.2, 0) is 35.3 Å². The van der Waals surface area contributed by atoms with Crippen LogP contribution >= 0.6 is 0 Å². The maximum Gasteiger partial charge on any atom is 0.510 e. The van der Waals surface area contributed by atoms with Gasteiger partial charge in [0.1, 0.15) is 0 Å². The van der Waals surface area contributed by atoms with Gasteiger partial charge in [-0.05, 0) is 37.3 Å². The summed E-state index contributed by atoms with van der Waals surface area (Å²) in [6.07, 6.45) is -5.68. The molecule has 42 heavy (non-hydrogen) atoms. The molecule has 18 heteroatoms. The van der Waals surface area contributed by atoms with Gasteiger partial charge in [0.05, 0.1) is 34.9 Å². The Kier molecular flexibility index (Phi) is 8.55. The van der Waals surface area contributed by atoms with Gasteiger partial charge in [-0.2, -0.15) is 18.3 Å². The van der Waals surface area contributed by atoms with E-state index in [4.69, 9.17) is 0 Å². The van der Waals surface area contributed by atoms with Crippen LogP contribution in [0, 0.1) is 12.1 Å². The van der Waals surface area contributed by atoms with E-state index < -0.39 is 46.8 Å². The van der Waals surface area contributed by atoms with Crippen LogP contribution in [0.2, 0.25) is 0 Å². The van der Waals surface area contributed by atoms with E-state index in [1.54, 1.807) is 24.3 Å². The lowest BCUT2D eigenvalue weighted by Gasteiger charge is -2.33. The number of aryl methyl sites for hydroxylation is 1. The molecule has 2 aromatic carbocycles. The third-order valence-corrected chi connectivity index (χ3v) is 7.37. The van der Waals surface area contributed by atoms with Crippen LogP contribution in [0.5, 0.6) is 0 Å². The molecule has 0 unspecified atom stereocenters. The molecule has 224 valence electrons. The minimum atomic E-state index is -4.72. The summed E-state index contributed by atoms with van der Waals surface area (Å²) in [4.78, 5) is 27.5. The standard InChI is InChI=1S/C24H23F3N6O8S/c1-15-3-5-16(6-4-15)20-13-21(24(25,26)27)28-32(20)17-7-9-18(10-8-17)42(37,38)29-22(34)19-11-12-31(19)33(36)30-41-14-40-23(35)39-2/h3-10,13,19H,11-12,14H2,1-2H3,(H,29,34)/b33-30-/t19-/m0/s1. The van der Waals surface area contributed by atoms with Crippen molar-refractivity contribution >= 4 is 22.1 Å². The fourth-order valence-corrected chi connectivity index (χ4v) is 4.78. The minimum Gasteiger partial charge on any atom is -0.569 e. The van der Waals surface area contributed by atoms with Crippen LogP contribution in [0.15, 0.2) is 64.8 Å². The first-order chi connectivity index (χ1) is 19.8. The SMILES string of the molecule is COC(=O)OCO/N=[N+](\[O-])N1CC[C@H]1C(=O)NS(=O)(=O)c1ccc(-n2nc(C(F)(F)F)cc2-c2ccc(C)cc2)cc1. The molecule has 1 N–H and O–H groups in total. The third kappa shape index (κ3) is 6.70. The van der Waals surface area contributed by atoms with Crippen molar-refractivity contribution in [2.24, 2.45) is 5.28 Å². The number of ether oxygens (including phenoxy) is 2. The maximum atomic E-state index is 13.5. The summed E-state index contributed by atoms with van der Waals surface area (Å²) in [6, 6.07) is 11.1. The number of methoxy groups -OCH3 is 1. The Morgan fingerprint density at radius 1 is 1.17 bits per heavy atom. The molecule has 1 atom stereocenters. The average molecular weight is 613 g/mol. The molecule has 3 aromatic rings. The molecule has 0 aliphatic carbocycles. The van der Waals surface area contributed by atoms with Gasteiger partial charge >= 0.3 is 12.3 Å². The zero-order valence-electron chi connectivity index (χ0n) is 21.9. The second kappa shape index (κ2) is 11.9. The summed E-state index contributed by atoms with van der Waals surface area (Å²) in [5.41, 5.74) is 0.491. The highest BCUT2D eigenvalue weighted by Gasteiger charge is 2.42. The van der Waals surface area contributed by atoms with Crippen molar-refractivity contribution in [1.82, 2.24) is 19.5 Å². The number of hydrogen-bond acceptors (Lipinski definition) is 10. The molecule has 0 radical (unpaired) electrons. The maximum absolute atomic E-state index is 13.5. The lowest BCUT2D eigenvalue weighted by Crippen LogP contribution is -2.59. The summed E-state index contributed by atoms with van der Waals surface area (Å²) in [5, 5.41) is 19.7. The van der Waals surface area contributed by atoms with Crippen LogP contribution in [-0.4, -0.2) is 66.7 Å². The number of hydrogen-bond donors (Lipinski definition) is 1. The predicted octanol–water partition coefficient (Wildman–Crippen LogP) is 3.30. The van der Waals surface area contributed by atoms with Crippen LogP contribution in [0.4, 0.5) is 18.0 Å². The number of benzene rings is 2. The quantitative estimate of drug-likeness (QED) is 0.0946. The van der Waals surface area contributed by atoms with E-state index in [-0.39, 0.29) is 34.2 Å². The van der Waals surface area contributed by atoms with E-state index in [9.17, 15) is 36.4 Å². The molecule has 4 rings (SSSR count). The fraction of sp³-hybridized carbons (Fsp3) is 0.292. The van der Waals surface area contributed by atoms with Crippen molar-refractivity contribution in [3.63, 3.8) is 0 Å². The first kappa shape index (κ1) is 30.1. The van der Waals surface area contributed by atoms with Gasteiger partial charge in [-0.15, -0.1) is 5.01 Å². The molecule has 1 aliphatic heterocycles. The Balaban J connectivity index is 1.48. The molecule has 0 bridgehead atoms. The number of amides is 1. The van der Waals surface area contributed by atoms with Crippen molar-refractivity contribution < 1.29 is 50.5 Å². The number of aromatic nitrogens is 2. The van der Waals surface area contributed by atoms with E-state index in [0.717, 1.165) is 40.6 Å². The smallest absolute Gasteiger partial charge is 0.510 e. The molecule has 14 nitrogen and oxygen atoms in total. The summed E-state index contributed by atoms with van der Waals surface area (Å²) in [6.45, 7) is 1.13. The number of alkyl halides is 3. The van der Waals surface area contributed by atoms with E-state index in [1.807, 2.05) is 11.6 Å². The highest BCUT2D eigenvalue weighted by molar-refractivity contribution is 7.90. The molecule has 1 saturated heterocycles. The van der Waals surface area contributed by atoms with Crippen LogP contribution in [0.3, 0.4) is 0 Å². The second-order valence-electron chi connectivity index (χ2n) is 8.80. The van der Waals surface area contributed by atoms with Crippen molar-refractivity contribution in [3.8, 4) is 16.9 Å². The van der Waals surface area contributed by atoms with E-state index in [1.165, 1.54) is 12.1 Å². The van der Waals surface area contributed by atoms with Crippen LogP contribution < -0.4 is 4.72 Å². The third-order valence-electron chi connectivity index (χ3n) is 6.01. The van der Waals surface area contributed by atoms with Crippen molar-refractivity contribution in [2.75, 3.05) is 20.4 Å². The van der Waals surface area contributed by atoms with E-state index in [0.29, 0.717) is 5.56 Å². The fourth-order valence-electron chi connectivity index (χ4n) is 3.77. The number of sulfonamides is 1. The molecule has 1 aliphatic rings. The largest absolute Gasteiger partial charge is 0.569 e. The van der Waals surface area contributed by atoms with E-state index >= 15 is 0 Å². The molecule has 1 amide bonds. The summed E-state index contributed by atoms with van der Waals surface area (Å²) in [5.74, 6) is -1.03. The highest BCUT2D eigenvalue weighted by Crippen LogP contribution is 2.33. The van der Waals surface area contributed by atoms with Crippen LogP contribution in [0.25, 0.3) is 16.9 Å². The lowest BCUT2D eigenvalue weighted by atomic mass is 10.1. The van der Waals surface area contributed by atoms with E-state index in [2.05, 4.69) is 24.7 Å². The topological polar surface area (TPSA) is 167 Å². The average Bonchev–Trinajstić information content (AvgIpc) is 3.37. The second-order valence-corrected chi connectivity index (χ2v) is 10.5. The van der Waals surface area contributed by atoms with Gasteiger partial charge in [-0.25, -0.2) is 22.6 Å². The van der Waals surface area contributed by atoms with Gasteiger partial charge in [0.15, 0.2) is 11.7 Å². The number of carbonyl (C=O) groups is 2. The number of nitrogens with one attached hydrogen (secondary N) is 1. The summed E-state index contributed by atoms with van der Waals surface area (Å²) < 4.78 is 77.5. The van der Waals surface area contributed by atoms with Crippen LogP contribution in [0.1, 0.15) is 17.7 Å². The predicted molar refractivity (Wildman–Crippen MR) is 135 cm³/mol. The Bertz CT molecular complexity index is 1590. The van der Waals surface area contributed by atoms with Gasteiger partial charge in [-0.1, -0.05) is 29.8 Å². The van der Waals surface area contributed by atoms with Crippen molar-refractivity contribution in [1.29, 1.82) is 0 Å². The molecule has 0 spiro atoms. The number of hydrazine groups is 1. The Morgan fingerprint density at radius 2 is 1.83 bits per heavy atom. The monoisotopic (exact) mass is 612 g/mol. The van der Waals surface area contributed by atoms with Gasteiger partial charge in [0.25, 0.3) is 22.7 Å². The molecule has 1 fully saturated rings. The van der Waals surface area contributed by atoms with Crippen molar-refractivity contribution in [3.05, 3.63) is 71.1 Å². The number of halogens is 3. The molecule has 2 heterocycles. The Hall–Kier alpha value is -4.87. The van der Waals surface area contributed by atoms with Gasteiger partial charge < -0.3 is 19.5 Å². The number of nitrogens with zero attached hydrogens (tertiary/aromatic N) is 5. The highest BCUT2D eigenvalue weighted by atomic mass is 32.2. The first-order valence-electron chi connectivity index (χ1n) is 12.0. The zero-order chi connectivity index (χ0) is 30.7. The molecular formula is C24H23F3N6O8S. The molecular weight excluding hydrogens is 589 g/mol. The number of rotatable bonds is 9. The first-order valence-corrected chi connectivity index (χ1v) is 13.5. The Morgan fingerprint density at radius 3 is 2.40 bits per heavy atom. The molecule has 0 saturated carbocycles. The lowest BCUT2D eigenvalue weighted by molar-refractivity contribution is -0.729. The normalized spacial score (nSPS) is 15.5. The Labute approximate surface area is 236 Å². The number of carbonyl (C=O) groups excluding carboxylic acids is 2. The zero-order valence-corrected chi connectivity index (χ0v) is 22.8. The van der Waals surface area contributed by atoms with Gasteiger partial charge in [-0.3, -0.25) is 4.79 Å². The summed E-state index contributed by atoms with van der Waals surface area (Å²) >= 11 is 0. The van der Waals surface area contributed by atoms with Gasteiger partial charge in [0, 0.05) is 12.0 Å². The van der Waals surface area contributed by atoms with Gasteiger partial charge in [0.2, 0.25) is 5.28 Å². The summed E-state index contributed by atoms with van der Waals surface area (Å²) in [7, 11) is -3.38. The molecule has 1 aromatic heterocycles. The van der Waals surface area contributed by atoms with Crippen molar-refractivity contribution in [2.45, 2.75) is 30.5 Å².